The van der Waals surface area contributed by atoms with Crippen LogP contribution in [0.2, 0.25) is 0 Å². The molecule has 0 aromatic carbocycles. The fourth-order valence-electron chi connectivity index (χ4n) is 10.8. The quantitative estimate of drug-likeness (QED) is 0.468. The zero-order valence-corrected chi connectivity index (χ0v) is 27.7. The molecular formula is C33H45N3O7S. The number of ether oxygens (including phenoxy) is 1. The summed E-state index contributed by atoms with van der Waals surface area (Å²) in [7, 11) is -4.21. The summed E-state index contributed by atoms with van der Waals surface area (Å²) in [6.45, 7) is 13.8. The van der Waals surface area contributed by atoms with E-state index in [9.17, 15) is 33.2 Å². The lowest BCUT2D eigenvalue weighted by atomic mass is 9.33. The summed E-state index contributed by atoms with van der Waals surface area (Å²) in [5.41, 5.74) is -5.22. The molecule has 0 bridgehead atoms. The van der Waals surface area contributed by atoms with Gasteiger partial charge in [-0.05, 0) is 80.3 Å². The van der Waals surface area contributed by atoms with Gasteiger partial charge in [0.1, 0.15) is 18.3 Å². The summed E-state index contributed by atoms with van der Waals surface area (Å²) in [6.07, 6.45) is 6.54. The van der Waals surface area contributed by atoms with Crippen molar-refractivity contribution in [2.24, 2.45) is 38.9 Å². The first-order chi connectivity index (χ1) is 20.2. The molecule has 6 rings (SSSR count). The molecule has 1 amide bonds. The number of cyclic esters (lactones) is 1. The molecule has 3 saturated carbocycles. The Morgan fingerprint density at radius 1 is 1.00 bits per heavy atom. The summed E-state index contributed by atoms with van der Waals surface area (Å²) in [5, 5.41) is 22.9. The molecule has 1 aliphatic heterocycles. The average Bonchev–Trinajstić information content (AvgIpc) is 3.38. The number of nitrogens with zero attached hydrogens (tertiary/aromatic N) is 2. The molecule has 1 saturated heterocycles. The highest BCUT2D eigenvalue weighted by Gasteiger charge is 2.75. The number of nitrogens with one attached hydrogen (secondary N) is 1. The van der Waals surface area contributed by atoms with Gasteiger partial charge in [-0.2, -0.15) is 22.7 Å². The van der Waals surface area contributed by atoms with Crippen LogP contribution >= 0.6 is 0 Å². The van der Waals surface area contributed by atoms with E-state index in [4.69, 9.17) is 4.74 Å². The summed E-state index contributed by atoms with van der Waals surface area (Å²) in [4.78, 5) is 40.0. The molecule has 8 atom stereocenters. The molecule has 0 unspecified atom stereocenters. The zero-order valence-electron chi connectivity index (χ0n) is 26.9. The van der Waals surface area contributed by atoms with Crippen LogP contribution < -0.4 is 4.72 Å². The topological polar surface area (TPSA) is 154 Å². The lowest BCUT2D eigenvalue weighted by Crippen LogP contribution is -2.74. The largest absolute Gasteiger partial charge is 0.447 e. The molecule has 0 aromatic heterocycles. The smallest absolute Gasteiger partial charge is 0.424 e. The van der Waals surface area contributed by atoms with Crippen molar-refractivity contribution >= 4 is 27.9 Å². The Morgan fingerprint density at radius 2 is 1.66 bits per heavy atom. The molecule has 11 heteroatoms. The summed E-state index contributed by atoms with van der Waals surface area (Å²) in [5.74, 6) is -1.22. The third-order valence-corrected chi connectivity index (χ3v) is 15.3. The number of fused-ring (bicyclic) bond motifs is 7. The van der Waals surface area contributed by atoms with Gasteiger partial charge in [0.05, 0.1) is 12.1 Å². The van der Waals surface area contributed by atoms with Crippen molar-refractivity contribution in [3.05, 3.63) is 23.3 Å². The molecule has 5 aliphatic carbocycles. The van der Waals surface area contributed by atoms with Crippen LogP contribution in [0.4, 0.5) is 4.79 Å². The average molecular weight is 628 g/mol. The molecule has 0 radical (unpaired) electrons. The second-order valence-electron chi connectivity index (χ2n) is 16.2. The van der Waals surface area contributed by atoms with E-state index in [0.29, 0.717) is 36.4 Å². The summed E-state index contributed by atoms with van der Waals surface area (Å²) in [6, 6.07) is 2.11. The number of carbonyl (C=O) groups excluding carboxylic acids is 3. The molecule has 0 spiro atoms. The van der Waals surface area contributed by atoms with Crippen LogP contribution in [0.3, 0.4) is 0 Å². The van der Waals surface area contributed by atoms with Crippen LogP contribution in [0.5, 0.6) is 0 Å². The van der Waals surface area contributed by atoms with E-state index in [1.54, 1.807) is 19.1 Å². The lowest BCUT2D eigenvalue weighted by Gasteiger charge is -2.71. The highest BCUT2D eigenvalue weighted by molar-refractivity contribution is 7.87. The monoisotopic (exact) mass is 627 g/mol. The van der Waals surface area contributed by atoms with Crippen LogP contribution in [-0.4, -0.2) is 59.8 Å². The SMILES string of the molecule is CC1(C)C(=O)C(C#N)=C[C@]2(C)C3=CC(=O)[C@]4(O)[C@@H]5C[C@@](C)(NS(=O)(=O)N6CCOC6=O)CC[C@]5(C)CC[C@@]4(C)[C@]3(C)CC[C@@H]12. The number of aliphatic hydroxyl groups is 1. The number of nitriles is 1. The van der Waals surface area contributed by atoms with E-state index in [1.165, 1.54) is 0 Å². The van der Waals surface area contributed by atoms with Crippen molar-refractivity contribution in [3.63, 3.8) is 0 Å². The van der Waals surface area contributed by atoms with Gasteiger partial charge in [-0.15, -0.1) is 0 Å². The fraction of sp³-hybridized carbons (Fsp3) is 0.758. The number of carbonyl (C=O) groups is 3. The Balaban J connectivity index is 1.45. The van der Waals surface area contributed by atoms with E-state index < -0.39 is 60.4 Å². The van der Waals surface area contributed by atoms with E-state index in [2.05, 4.69) is 24.6 Å². The molecule has 4 fully saturated rings. The molecule has 2 N–H and O–H groups in total. The number of amides is 1. The predicted molar refractivity (Wildman–Crippen MR) is 161 cm³/mol. The summed E-state index contributed by atoms with van der Waals surface area (Å²) >= 11 is 0. The highest BCUT2D eigenvalue weighted by atomic mass is 32.2. The minimum atomic E-state index is -4.21. The Hall–Kier alpha value is -2.55. The minimum absolute atomic E-state index is 0.00677. The van der Waals surface area contributed by atoms with Crippen molar-refractivity contribution < 1.29 is 32.6 Å². The van der Waals surface area contributed by atoms with Gasteiger partial charge in [-0.25, -0.2) is 4.79 Å². The molecule has 240 valence electrons. The molecular weight excluding hydrogens is 582 g/mol. The van der Waals surface area contributed by atoms with E-state index >= 15 is 0 Å². The maximum atomic E-state index is 14.6. The van der Waals surface area contributed by atoms with Crippen LogP contribution in [0.25, 0.3) is 0 Å². The van der Waals surface area contributed by atoms with Gasteiger partial charge >= 0.3 is 16.3 Å². The normalized spacial score (nSPS) is 46.4. The van der Waals surface area contributed by atoms with E-state index in [1.807, 2.05) is 27.7 Å². The third kappa shape index (κ3) is 3.71. The van der Waals surface area contributed by atoms with Crippen molar-refractivity contribution in [1.29, 1.82) is 5.26 Å². The van der Waals surface area contributed by atoms with Gasteiger partial charge in [0.15, 0.2) is 11.6 Å². The molecule has 0 aromatic rings. The Labute approximate surface area is 260 Å². The van der Waals surface area contributed by atoms with Gasteiger partial charge < -0.3 is 9.84 Å². The van der Waals surface area contributed by atoms with E-state index in [-0.39, 0.29) is 42.6 Å². The van der Waals surface area contributed by atoms with Crippen LogP contribution in [-0.2, 0) is 24.5 Å². The first kappa shape index (κ1) is 31.4. The van der Waals surface area contributed by atoms with Gasteiger partial charge in [0.25, 0.3) is 0 Å². The minimum Gasteiger partial charge on any atom is -0.447 e. The van der Waals surface area contributed by atoms with Gasteiger partial charge in [0, 0.05) is 27.7 Å². The number of rotatable bonds is 3. The third-order valence-electron chi connectivity index (χ3n) is 13.6. The standard InChI is InChI=1S/C33H45N3O7S/c1-27(2)21-8-9-31(6)22(30(21,5)17-20(19-34)25(27)38)16-24(37)33(40)23-18-29(4,12-10-28(23,3)11-13-32(31,33)7)35-44(41,42)36-14-15-43-26(36)39/h16-17,21,23,35,40H,8-15,18H2,1-7H3/t21-,23+,28+,29-,30-,31+,32-,33+/m0/s1. The number of allylic oxidation sites excluding steroid dienone is 3. The van der Waals surface area contributed by atoms with E-state index in [0.717, 1.165) is 12.0 Å². The van der Waals surface area contributed by atoms with Crippen molar-refractivity contribution in [3.8, 4) is 6.07 Å². The van der Waals surface area contributed by atoms with Crippen LogP contribution in [0, 0.1) is 50.2 Å². The van der Waals surface area contributed by atoms with Gasteiger partial charge in [-0.3, -0.25) is 9.59 Å². The first-order valence-corrected chi connectivity index (χ1v) is 17.2. The van der Waals surface area contributed by atoms with Crippen molar-refractivity contribution in [2.75, 3.05) is 13.2 Å². The Bertz CT molecular complexity index is 1590. The summed E-state index contributed by atoms with van der Waals surface area (Å²) < 4.78 is 34.9. The maximum Gasteiger partial charge on any atom is 0.424 e. The van der Waals surface area contributed by atoms with Gasteiger partial charge in [0.2, 0.25) is 0 Å². The number of hydrogen-bond acceptors (Lipinski definition) is 8. The molecule has 1 heterocycles. The second kappa shape index (κ2) is 9.04. The highest BCUT2D eigenvalue weighted by Crippen LogP contribution is 2.75. The second-order valence-corrected chi connectivity index (χ2v) is 17.8. The molecule has 44 heavy (non-hydrogen) atoms. The molecule has 6 aliphatic rings. The van der Waals surface area contributed by atoms with Crippen molar-refractivity contribution in [2.45, 2.75) is 105 Å². The number of hydrogen-bond donors (Lipinski definition) is 2. The molecule has 10 nitrogen and oxygen atoms in total. The Kier molecular flexibility index (Phi) is 6.46. The van der Waals surface area contributed by atoms with Crippen LogP contribution in [0.15, 0.2) is 23.3 Å². The number of ketones is 2. The van der Waals surface area contributed by atoms with Crippen molar-refractivity contribution in [1.82, 2.24) is 9.03 Å². The first-order valence-electron chi connectivity index (χ1n) is 15.8. The Morgan fingerprint density at radius 3 is 2.27 bits per heavy atom. The van der Waals surface area contributed by atoms with Crippen LogP contribution in [0.1, 0.15) is 93.4 Å². The predicted octanol–water partition coefficient (Wildman–Crippen LogP) is 4.36. The van der Waals surface area contributed by atoms with Gasteiger partial charge in [-0.1, -0.05) is 47.6 Å². The maximum absolute atomic E-state index is 14.6. The lowest BCUT2D eigenvalue weighted by molar-refractivity contribution is -0.239. The number of Topliss-reactive ketones (excluding diaryl/α,β-unsaturated/α-hetero) is 1. The fourth-order valence-corrected chi connectivity index (χ4v) is 12.3. The zero-order chi connectivity index (χ0) is 32.5.